The molecule has 0 aliphatic heterocycles. The van der Waals surface area contributed by atoms with Crippen molar-refractivity contribution in [2.75, 3.05) is 26.9 Å². The van der Waals surface area contributed by atoms with Crippen molar-refractivity contribution < 1.29 is 9.47 Å². The number of hydrazine groups is 1. The second-order valence-corrected chi connectivity index (χ2v) is 3.88. The Morgan fingerprint density at radius 1 is 1.24 bits per heavy atom. The summed E-state index contributed by atoms with van der Waals surface area (Å²) in [6.07, 6.45) is 1.05. The van der Waals surface area contributed by atoms with Crippen molar-refractivity contribution in [3.63, 3.8) is 0 Å². The molecule has 0 radical (unpaired) electrons. The van der Waals surface area contributed by atoms with Crippen LogP contribution in [-0.4, -0.2) is 26.9 Å². The van der Waals surface area contributed by atoms with E-state index in [0.717, 1.165) is 12.0 Å². The van der Waals surface area contributed by atoms with Gasteiger partial charge >= 0.3 is 0 Å². The zero-order valence-electron chi connectivity index (χ0n) is 10.6. The SMILES string of the molecule is CCc1ccc(C(COCCOC)NN)cc1. The second-order valence-electron chi connectivity index (χ2n) is 3.88. The van der Waals surface area contributed by atoms with Crippen molar-refractivity contribution in [2.45, 2.75) is 19.4 Å². The predicted octanol–water partition coefficient (Wildman–Crippen LogP) is 1.42. The Labute approximate surface area is 103 Å². The summed E-state index contributed by atoms with van der Waals surface area (Å²) in [4.78, 5) is 0. The number of hydrogen-bond acceptors (Lipinski definition) is 4. The minimum absolute atomic E-state index is 0.0257. The van der Waals surface area contributed by atoms with Crippen molar-refractivity contribution in [1.29, 1.82) is 0 Å². The molecule has 1 rings (SSSR count). The Morgan fingerprint density at radius 2 is 1.94 bits per heavy atom. The lowest BCUT2D eigenvalue weighted by atomic mass is 10.0. The largest absolute Gasteiger partial charge is 0.382 e. The molecule has 0 aliphatic rings. The van der Waals surface area contributed by atoms with Crippen molar-refractivity contribution in [2.24, 2.45) is 5.84 Å². The van der Waals surface area contributed by atoms with E-state index in [4.69, 9.17) is 15.3 Å². The first-order valence-electron chi connectivity index (χ1n) is 5.93. The van der Waals surface area contributed by atoms with Crippen LogP contribution in [0.15, 0.2) is 24.3 Å². The number of nitrogens with one attached hydrogen (secondary N) is 1. The topological polar surface area (TPSA) is 56.5 Å². The van der Waals surface area contributed by atoms with Crippen LogP contribution in [0.2, 0.25) is 0 Å². The molecule has 1 aromatic rings. The smallest absolute Gasteiger partial charge is 0.0701 e. The van der Waals surface area contributed by atoms with Crippen LogP contribution in [0, 0.1) is 0 Å². The average molecular weight is 238 g/mol. The van der Waals surface area contributed by atoms with Crippen LogP contribution in [0.5, 0.6) is 0 Å². The van der Waals surface area contributed by atoms with E-state index in [1.54, 1.807) is 7.11 Å². The predicted molar refractivity (Wildman–Crippen MR) is 68.6 cm³/mol. The fourth-order valence-corrected chi connectivity index (χ4v) is 1.57. The van der Waals surface area contributed by atoms with Gasteiger partial charge in [-0.05, 0) is 17.5 Å². The molecule has 0 saturated heterocycles. The van der Waals surface area contributed by atoms with Gasteiger partial charge in [0.05, 0.1) is 25.9 Å². The van der Waals surface area contributed by atoms with Crippen molar-refractivity contribution >= 4 is 0 Å². The molecule has 1 aromatic carbocycles. The van der Waals surface area contributed by atoms with Crippen LogP contribution >= 0.6 is 0 Å². The van der Waals surface area contributed by atoms with Gasteiger partial charge in [0.2, 0.25) is 0 Å². The summed E-state index contributed by atoms with van der Waals surface area (Å²) in [6, 6.07) is 8.44. The number of aryl methyl sites for hydroxylation is 1. The molecule has 17 heavy (non-hydrogen) atoms. The molecule has 3 N–H and O–H groups in total. The maximum atomic E-state index is 5.53. The third kappa shape index (κ3) is 4.83. The zero-order valence-corrected chi connectivity index (χ0v) is 10.6. The molecule has 96 valence electrons. The van der Waals surface area contributed by atoms with Crippen molar-refractivity contribution in [3.8, 4) is 0 Å². The van der Waals surface area contributed by atoms with Gasteiger partial charge in [0.15, 0.2) is 0 Å². The first kappa shape index (κ1) is 14.1. The highest BCUT2D eigenvalue weighted by molar-refractivity contribution is 5.25. The van der Waals surface area contributed by atoms with Gasteiger partial charge in [-0.25, -0.2) is 0 Å². The molecule has 0 saturated carbocycles. The summed E-state index contributed by atoms with van der Waals surface area (Å²) in [5.74, 6) is 5.53. The Bertz CT molecular complexity index is 301. The highest BCUT2D eigenvalue weighted by atomic mass is 16.5. The summed E-state index contributed by atoms with van der Waals surface area (Å²) in [5.41, 5.74) is 5.23. The second kappa shape index (κ2) is 8.20. The van der Waals surface area contributed by atoms with Gasteiger partial charge in [0.25, 0.3) is 0 Å². The summed E-state index contributed by atoms with van der Waals surface area (Å²) >= 11 is 0. The summed E-state index contributed by atoms with van der Waals surface area (Å²) in [6.45, 7) is 3.88. The lowest BCUT2D eigenvalue weighted by molar-refractivity contribution is 0.0586. The van der Waals surface area contributed by atoms with Gasteiger partial charge in [-0.1, -0.05) is 31.2 Å². The maximum absolute atomic E-state index is 5.53. The molecular formula is C13H22N2O2. The van der Waals surface area contributed by atoms with E-state index in [9.17, 15) is 0 Å². The van der Waals surface area contributed by atoms with E-state index < -0.39 is 0 Å². The molecule has 1 unspecified atom stereocenters. The first-order chi connectivity index (χ1) is 8.31. The zero-order chi connectivity index (χ0) is 12.5. The molecule has 1 atom stereocenters. The highest BCUT2D eigenvalue weighted by Gasteiger charge is 2.09. The standard InChI is InChI=1S/C13H22N2O2/c1-3-11-4-6-12(7-5-11)13(15-14)10-17-9-8-16-2/h4-7,13,15H,3,8-10,14H2,1-2H3. The average Bonchev–Trinajstić information content (AvgIpc) is 2.39. The molecule has 0 bridgehead atoms. The summed E-state index contributed by atoms with van der Waals surface area (Å²) in [5, 5.41) is 0. The monoisotopic (exact) mass is 238 g/mol. The highest BCUT2D eigenvalue weighted by Crippen LogP contribution is 2.14. The summed E-state index contributed by atoms with van der Waals surface area (Å²) in [7, 11) is 1.66. The van der Waals surface area contributed by atoms with Gasteiger partial charge in [0, 0.05) is 7.11 Å². The lowest BCUT2D eigenvalue weighted by Crippen LogP contribution is -2.31. The fourth-order valence-electron chi connectivity index (χ4n) is 1.57. The Kier molecular flexibility index (Phi) is 6.81. The number of hydrogen-bond donors (Lipinski definition) is 2. The minimum Gasteiger partial charge on any atom is -0.382 e. The van der Waals surface area contributed by atoms with E-state index in [0.29, 0.717) is 19.8 Å². The fraction of sp³-hybridized carbons (Fsp3) is 0.538. The van der Waals surface area contributed by atoms with Gasteiger partial charge in [-0.15, -0.1) is 0 Å². The number of nitrogens with two attached hydrogens (primary N) is 1. The Balaban J connectivity index is 2.47. The minimum atomic E-state index is 0.0257. The molecule has 0 spiro atoms. The number of benzene rings is 1. The van der Waals surface area contributed by atoms with E-state index in [1.165, 1.54) is 5.56 Å². The van der Waals surface area contributed by atoms with Gasteiger partial charge in [-0.3, -0.25) is 11.3 Å². The van der Waals surface area contributed by atoms with E-state index in [1.807, 2.05) is 0 Å². The number of methoxy groups -OCH3 is 1. The Morgan fingerprint density at radius 3 is 2.47 bits per heavy atom. The third-order valence-electron chi connectivity index (χ3n) is 2.71. The van der Waals surface area contributed by atoms with Crippen LogP contribution in [-0.2, 0) is 15.9 Å². The molecule has 0 heterocycles. The van der Waals surface area contributed by atoms with E-state index >= 15 is 0 Å². The molecule has 0 amide bonds. The third-order valence-corrected chi connectivity index (χ3v) is 2.71. The van der Waals surface area contributed by atoms with Gasteiger partial charge < -0.3 is 9.47 Å². The summed E-state index contributed by atoms with van der Waals surface area (Å²) < 4.78 is 10.4. The molecule has 0 fully saturated rings. The lowest BCUT2D eigenvalue weighted by Gasteiger charge is -2.16. The van der Waals surface area contributed by atoms with E-state index in [-0.39, 0.29) is 6.04 Å². The van der Waals surface area contributed by atoms with Crippen molar-refractivity contribution in [3.05, 3.63) is 35.4 Å². The van der Waals surface area contributed by atoms with Crippen LogP contribution in [0.25, 0.3) is 0 Å². The molecule has 0 aromatic heterocycles. The number of ether oxygens (including phenoxy) is 2. The van der Waals surface area contributed by atoms with Crippen LogP contribution < -0.4 is 11.3 Å². The quantitative estimate of drug-likeness (QED) is 0.408. The Hall–Kier alpha value is -0.940. The normalized spacial score (nSPS) is 12.6. The van der Waals surface area contributed by atoms with Crippen LogP contribution in [0.1, 0.15) is 24.1 Å². The van der Waals surface area contributed by atoms with Crippen molar-refractivity contribution in [1.82, 2.24) is 5.43 Å². The molecular weight excluding hydrogens is 216 g/mol. The van der Waals surface area contributed by atoms with Gasteiger partial charge in [0.1, 0.15) is 0 Å². The first-order valence-corrected chi connectivity index (χ1v) is 5.93. The molecule has 0 aliphatic carbocycles. The maximum Gasteiger partial charge on any atom is 0.0701 e. The number of rotatable bonds is 8. The van der Waals surface area contributed by atoms with E-state index in [2.05, 4.69) is 36.6 Å². The molecule has 4 heteroatoms. The van der Waals surface area contributed by atoms with Crippen LogP contribution in [0.3, 0.4) is 0 Å². The molecule has 4 nitrogen and oxygen atoms in total. The van der Waals surface area contributed by atoms with Gasteiger partial charge in [-0.2, -0.15) is 0 Å². The van der Waals surface area contributed by atoms with Crippen LogP contribution in [0.4, 0.5) is 0 Å².